The van der Waals surface area contributed by atoms with Crippen LogP contribution in [0.3, 0.4) is 0 Å². The van der Waals surface area contributed by atoms with Crippen molar-refractivity contribution in [2.75, 3.05) is 13.1 Å². The number of aliphatic hydroxyl groups is 1. The highest BCUT2D eigenvalue weighted by atomic mass is 32.1. The molecule has 0 spiro atoms. The van der Waals surface area contributed by atoms with Gasteiger partial charge in [-0.2, -0.15) is 0 Å². The van der Waals surface area contributed by atoms with Gasteiger partial charge in [-0.15, -0.1) is 11.3 Å². The molecule has 1 atom stereocenters. The van der Waals surface area contributed by atoms with Crippen LogP contribution in [0.25, 0.3) is 0 Å². The Bertz CT molecular complexity index is 292. The first-order chi connectivity index (χ1) is 6.77. The van der Waals surface area contributed by atoms with E-state index in [1.807, 2.05) is 5.38 Å². The smallest absolute Gasteiger partial charge is 0.0961 e. The molecule has 1 aromatic heterocycles. The zero-order chi connectivity index (χ0) is 9.97. The van der Waals surface area contributed by atoms with Gasteiger partial charge in [0, 0.05) is 11.3 Å². The third kappa shape index (κ3) is 2.13. The molecule has 2 N–H and O–H groups in total. The minimum atomic E-state index is -0.429. The quantitative estimate of drug-likeness (QED) is 0.783. The Labute approximate surface area is 88.2 Å². The lowest BCUT2D eigenvalue weighted by atomic mass is 9.99. The second-order valence-corrected chi connectivity index (χ2v) is 4.70. The lowest BCUT2D eigenvalue weighted by Crippen LogP contribution is -2.26. The molecule has 1 aliphatic heterocycles. The van der Waals surface area contributed by atoms with Gasteiger partial charge in [-0.1, -0.05) is 0 Å². The van der Waals surface area contributed by atoms with Gasteiger partial charge in [-0.3, -0.25) is 0 Å². The summed E-state index contributed by atoms with van der Waals surface area (Å²) in [5.41, 5.74) is 0.823. The molecule has 1 saturated heterocycles. The van der Waals surface area contributed by atoms with Gasteiger partial charge in [-0.05, 0) is 32.9 Å². The maximum Gasteiger partial charge on any atom is 0.0961 e. The minimum Gasteiger partial charge on any atom is -0.387 e. The largest absolute Gasteiger partial charge is 0.387 e. The number of piperidine rings is 1. The predicted molar refractivity (Wildman–Crippen MR) is 57.6 cm³/mol. The average molecular weight is 212 g/mol. The summed E-state index contributed by atoms with van der Waals surface area (Å²) in [7, 11) is 0. The van der Waals surface area contributed by atoms with Crippen molar-refractivity contribution < 1.29 is 5.11 Å². The van der Waals surface area contributed by atoms with Gasteiger partial charge in [0.05, 0.1) is 16.8 Å². The monoisotopic (exact) mass is 212 g/mol. The van der Waals surface area contributed by atoms with E-state index in [1.54, 1.807) is 18.3 Å². The fraction of sp³-hybridized carbons (Fsp3) is 0.700. The number of hydrogen-bond acceptors (Lipinski definition) is 4. The Hall–Kier alpha value is -0.450. The summed E-state index contributed by atoms with van der Waals surface area (Å²) in [5, 5.41) is 15.9. The van der Waals surface area contributed by atoms with Crippen molar-refractivity contribution >= 4 is 11.3 Å². The number of nitrogens with one attached hydrogen (secondary N) is 1. The minimum absolute atomic E-state index is 0.429. The van der Waals surface area contributed by atoms with Crippen molar-refractivity contribution in [3.63, 3.8) is 0 Å². The molecule has 0 bridgehead atoms. The van der Waals surface area contributed by atoms with Crippen LogP contribution in [0, 0.1) is 0 Å². The van der Waals surface area contributed by atoms with Crippen LogP contribution >= 0.6 is 11.3 Å². The zero-order valence-electron chi connectivity index (χ0n) is 8.36. The molecule has 2 heterocycles. The molecule has 0 amide bonds. The molecular weight excluding hydrogens is 196 g/mol. The van der Waals surface area contributed by atoms with Crippen molar-refractivity contribution in [2.45, 2.75) is 31.8 Å². The third-order valence-corrected chi connectivity index (χ3v) is 3.68. The maximum absolute atomic E-state index is 9.37. The van der Waals surface area contributed by atoms with Gasteiger partial charge < -0.3 is 10.4 Å². The highest BCUT2D eigenvalue weighted by Gasteiger charge is 2.19. The van der Waals surface area contributed by atoms with E-state index in [1.165, 1.54) is 17.8 Å². The second kappa shape index (κ2) is 4.38. The second-order valence-electron chi connectivity index (χ2n) is 3.81. The topological polar surface area (TPSA) is 45.1 Å². The van der Waals surface area contributed by atoms with Gasteiger partial charge in [0.15, 0.2) is 0 Å². The number of hydrogen-bond donors (Lipinski definition) is 2. The summed E-state index contributed by atoms with van der Waals surface area (Å²) in [6.07, 6.45) is 1.92. The highest BCUT2D eigenvalue weighted by Crippen LogP contribution is 2.29. The number of aliphatic hydroxyl groups excluding tert-OH is 1. The van der Waals surface area contributed by atoms with E-state index in [0.717, 1.165) is 18.8 Å². The standard InChI is InChI=1S/C10H16N2OS/c1-7(13)9-6-14-10(12-9)8-2-4-11-5-3-8/h6-8,11,13H,2-5H2,1H3. The Morgan fingerprint density at radius 1 is 1.57 bits per heavy atom. The van der Waals surface area contributed by atoms with E-state index in [4.69, 9.17) is 0 Å². The number of nitrogens with zero attached hydrogens (tertiary/aromatic N) is 1. The molecule has 0 aromatic carbocycles. The fourth-order valence-electron chi connectivity index (χ4n) is 1.75. The van der Waals surface area contributed by atoms with E-state index in [2.05, 4.69) is 10.3 Å². The molecule has 0 saturated carbocycles. The van der Waals surface area contributed by atoms with Gasteiger partial charge in [0.25, 0.3) is 0 Å². The molecule has 78 valence electrons. The van der Waals surface area contributed by atoms with Gasteiger partial charge in [0.1, 0.15) is 0 Å². The SMILES string of the molecule is CC(O)c1csc(C2CCNCC2)n1. The molecule has 4 heteroatoms. The molecule has 2 rings (SSSR count). The third-order valence-electron chi connectivity index (χ3n) is 2.66. The lowest BCUT2D eigenvalue weighted by molar-refractivity contribution is 0.194. The first kappa shape index (κ1) is 10.1. The summed E-state index contributed by atoms with van der Waals surface area (Å²) in [6, 6.07) is 0. The summed E-state index contributed by atoms with van der Waals surface area (Å²) in [4.78, 5) is 4.47. The van der Waals surface area contributed by atoms with Gasteiger partial charge >= 0.3 is 0 Å². The van der Waals surface area contributed by atoms with E-state index in [-0.39, 0.29) is 0 Å². The first-order valence-electron chi connectivity index (χ1n) is 5.11. The highest BCUT2D eigenvalue weighted by molar-refractivity contribution is 7.09. The molecule has 0 aliphatic carbocycles. The van der Waals surface area contributed by atoms with Crippen LogP contribution in [-0.2, 0) is 0 Å². The van der Waals surface area contributed by atoms with Crippen molar-refractivity contribution in [3.8, 4) is 0 Å². The van der Waals surface area contributed by atoms with Crippen LogP contribution in [0.1, 0.15) is 42.5 Å². The summed E-state index contributed by atoms with van der Waals surface area (Å²) in [5.74, 6) is 0.605. The fourth-order valence-corrected chi connectivity index (χ4v) is 2.83. The summed E-state index contributed by atoms with van der Waals surface area (Å²) in [6.45, 7) is 3.95. The Balaban J connectivity index is 2.07. The van der Waals surface area contributed by atoms with Crippen LogP contribution in [0.2, 0.25) is 0 Å². The molecule has 1 aliphatic rings. The number of thiazole rings is 1. The zero-order valence-corrected chi connectivity index (χ0v) is 9.18. The predicted octanol–water partition coefficient (Wildman–Crippen LogP) is 1.66. The van der Waals surface area contributed by atoms with Crippen molar-refractivity contribution in [2.24, 2.45) is 0 Å². The number of rotatable bonds is 2. The molecule has 1 aromatic rings. The Morgan fingerprint density at radius 3 is 2.86 bits per heavy atom. The Morgan fingerprint density at radius 2 is 2.29 bits per heavy atom. The lowest BCUT2D eigenvalue weighted by Gasteiger charge is -2.20. The van der Waals surface area contributed by atoms with Crippen LogP contribution in [0.15, 0.2) is 5.38 Å². The molecule has 3 nitrogen and oxygen atoms in total. The maximum atomic E-state index is 9.37. The van der Waals surface area contributed by atoms with Crippen molar-refractivity contribution in [1.29, 1.82) is 0 Å². The molecular formula is C10H16N2OS. The molecule has 14 heavy (non-hydrogen) atoms. The Kier molecular flexibility index (Phi) is 3.15. The van der Waals surface area contributed by atoms with E-state index in [0.29, 0.717) is 5.92 Å². The summed E-state index contributed by atoms with van der Waals surface area (Å²) < 4.78 is 0. The molecule has 1 fully saturated rings. The molecule has 0 radical (unpaired) electrons. The van der Waals surface area contributed by atoms with Gasteiger partial charge in [-0.25, -0.2) is 4.98 Å². The van der Waals surface area contributed by atoms with E-state index < -0.39 is 6.10 Å². The van der Waals surface area contributed by atoms with Crippen LogP contribution in [-0.4, -0.2) is 23.2 Å². The van der Waals surface area contributed by atoms with Crippen molar-refractivity contribution in [1.82, 2.24) is 10.3 Å². The number of aromatic nitrogens is 1. The van der Waals surface area contributed by atoms with Crippen LogP contribution < -0.4 is 5.32 Å². The van der Waals surface area contributed by atoms with E-state index in [9.17, 15) is 5.11 Å². The first-order valence-corrected chi connectivity index (χ1v) is 5.99. The normalized spacial score (nSPS) is 21.0. The van der Waals surface area contributed by atoms with Gasteiger partial charge in [0.2, 0.25) is 0 Å². The molecule has 1 unspecified atom stereocenters. The van der Waals surface area contributed by atoms with Crippen LogP contribution in [0.5, 0.6) is 0 Å². The van der Waals surface area contributed by atoms with E-state index >= 15 is 0 Å². The van der Waals surface area contributed by atoms with Crippen LogP contribution in [0.4, 0.5) is 0 Å². The summed E-state index contributed by atoms with van der Waals surface area (Å²) >= 11 is 1.69. The average Bonchev–Trinajstić information content (AvgIpc) is 2.68. The van der Waals surface area contributed by atoms with Crippen molar-refractivity contribution in [3.05, 3.63) is 16.1 Å².